The van der Waals surface area contributed by atoms with Crippen LogP contribution in [0.25, 0.3) is 16.9 Å². The SMILES string of the molecule is COc1cc(Cl)c(C)cc1NC(=O)c1cn(-c2ccccc2)nc1-c1cccnc1. The highest BCUT2D eigenvalue weighted by Gasteiger charge is 2.20. The van der Waals surface area contributed by atoms with Crippen LogP contribution in [0, 0.1) is 6.92 Å². The molecule has 4 rings (SSSR count). The van der Waals surface area contributed by atoms with Crippen LogP contribution in [0.3, 0.4) is 0 Å². The van der Waals surface area contributed by atoms with Crippen LogP contribution in [0.1, 0.15) is 15.9 Å². The van der Waals surface area contributed by atoms with Crippen LogP contribution in [0.4, 0.5) is 5.69 Å². The van der Waals surface area contributed by atoms with Gasteiger partial charge < -0.3 is 10.1 Å². The third kappa shape index (κ3) is 3.90. The Hall–Kier alpha value is -3.64. The number of nitrogens with zero attached hydrogens (tertiary/aromatic N) is 3. The van der Waals surface area contributed by atoms with Gasteiger partial charge in [0.25, 0.3) is 5.91 Å². The predicted octanol–water partition coefficient (Wildman–Crippen LogP) is 5.16. The molecule has 0 aliphatic rings. The van der Waals surface area contributed by atoms with E-state index in [1.807, 2.05) is 49.4 Å². The van der Waals surface area contributed by atoms with Gasteiger partial charge in [-0.15, -0.1) is 0 Å². The number of pyridine rings is 1. The van der Waals surface area contributed by atoms with Gasteiger partial charge in [0.05, 0.1) is 24.0 Å². The molecule has 2 aromatic heterocycles. The van der Waals surface area contributed by atoms with E-state index in [4.69, 9.17) is 16.3 Å². The van der Waals surface area contributed by atoms with Crippen molar-refractivity contribution < 1.29 is 9.53 Å². The Labute approximate surface area is 179 Å². The van der Waals surface area contributed by atoms with Crippen molar-refractivity contribution >= 4 is 23.2 Å². The molecule has 6 nitrogen and oxygen atoms in total. The zero-order chi connectivity index (χ0) is 21.1. The number of ether oxygens (including phenoxy) is 1. The maximum absolute atomic E-state index is 13.2. The Morgan fingerprint density at radius 1 is 1.13 bits per heavy atom. The minimum Gasteiger partial charge on any atom is -0.495 e. The van der Waals surface area contributed by atoms with Crippen molar-refractivity contribution in [2.75, 3.05) is 12.4 Å². The van der Waals surface area contributed by atoms with Crippen molar-refractivity contribution in [1.29, 1.82) is 0 Å². The molecule has 0 atom stereocenters. The first-order valence-electron chi connectivity index (χ1n) is 9.28. The second kappa shape index (κ2) is 8.39. The fourth-order valence-electron chi connectivity index (χ4n) is 3.09. The molecule has 0 aliphatic carbocycles. The summed E-state index contributed by atoms with van der Waals surface area (Å²) < 4.78 is 7.06. The number of carbonyl (C=O) groups excluding carboxylic acids is 1. The molecule has 0 radical (unpaired) electrons. The van der Waals surface area contributed by atoms with E-state index in [0.717, 1.165) is 16.8 Å². The summed E-state index contributed by atoms with van der Waals surface area (Å²) in [4.78, 5) is 17.4. The molecule has 0 aliphatic heterocycles. The van der Waals surface area contributed by atoms with Crippen molar-refractivity contribution in [2.24, 2.45) is 0 Å². The molecule has 1 N–H and O–H groups in total. The highest BCUT2D eigenvalue weighted by atomic mass is 35.5. The molecular formula is C23H19ClN4O2. The number of para-hydroxylation sites is 1. The summed E-state index contributed by atoms with van der Waals surface area (Å²) in [6.45, 7) is 1.87. The fourth-order valence-corrected chi connectivity index (χ4v) is 3.24. The van der Waals surface area contributed by atoms with Crippen LogP contribution in [-0.4, -0.2) is 27.8 Å². The smallest absolute Gasteiger partial charge is 0.259 e. The number of aromatic nitrogens is 3. The van der Waals surface area contributed by atoms with Crippen LogP contribution in [0.2, 0.25) is 5.02 Å². The van der Waals surface area contributed by atoms with Gasteiger partial charge in [0.15, 0.2) is 0 Å². The van der Waals surface area contributed by atoms with Gasteiger partial charge in [-0.05, 0) is 42.8 Å². The Kier molecular flexibility index (Phi) is 5.50. The standard InChI is InChI=1S/C23H19ClN4O2/c1-15-11-20(21(30-2)12-19(15)24)26-23(29)18-14-28(17-8-4-3-5-9-17)27-22(18)16-7-6-10-25-13-16/h3-14H,1-2H3,(H,26,29). The number of anilines is 1. The van der Waals surface area contributed by atoms with Gasteiger partial charge in [0, 0.05) is 35.2 Å². The molecule has 0 bridgehead atoms. The number of hydrogen-bond acceptors (Lipinski definition) is 4. The summed E-state index contributed by atoms with van der Waals surface area (Å²) in [6, 6.07) is 16.8. The zero-order valence-corrected chi connectivity index (χ0v) is 17.2. The molecule has 1 amide bonds. The van der Waals surface area contributed by atoms with Crippen LogP contribution < -0.4 is 10.1 Å². The number of benzene rings is 2. The minimum atomic E-state index is -0.309. The number of amides is 1. The molecule has 0 fully saturated rings. The first-order chi connectivity index (χ1) is 14.6. The lowest BCUT2D eigenvalue weighted by Gasteiger charge is -2.12. The molecule has 7 heteroatoms. The van der Waals surface area contributed by atoms with Gasteiger partial charge in [0.1, 0.15) is 11.4 Å². The lowest BCUT2D eigenvalue weighted by molar-refractivity contribution is 0.102. The number of hydrogen-bond donors (Lipinski definition) is 1. The normalized spacial score (nSPS) is 10.6. The lowest BCUT2D eigenvalue weighted by atomic mass is 10.1. The number of rotatable bonds is 5. The van der Waals surface area contributed by atoms with E-state index < -0.39 is 0 Å². The Morgan fingerprint density at radius 3 is 2.63 bits per heavy atom. The van der Waals surface area contributed by atoms with Crippen molar-refractivity contribution in [3.05, 3.63) is 89.3 Å². The van der Waals surface area contributed by atoms with Crippen molar-refractivity contribution in [1.82, 2.24) is 14.8 Å². The van der Waals surface area contributed by atoms with Gasteiger partial charge in [0.2, 0.25) is 0 Å². The highest BCUT2D eigenvalue weighted by molar-refractivity contribution is 6.31. The fraction of sp³-hybridized carbons (Fsp3) is 0.0870. The summed E-state index contributed by atoms with van der Waals surface area (Å²) in [5.74, 6) is 0.174. The zero-order valence-electron chi connectivity index (χ0n) is 16.5. The monoisotopic (exact) mass is 418 g/mol. The molecule has 0 saturated heterocycles. The van der Waals surface area contributed by atoms with Gasteiger partial charge in [-0.3, -0.25) is 9.78 Å². The van der Waals surface area contributed by atoms with Gasteiger partial charge in [-0.1, -0.05) is 29.8 Å². The average molecular weight is 419 g/mol. The Morgan fingerprint density at radius 2 is 1.93 bits per heavy atom. The van der Waals surface area contributed by atoms with Crippen molar-refractivity contribution in [2.45, 2.75) is 6.92 Å². The van der Waals surface area contributed by atoms with E-state index in [0.29, 0.717) is 27.7 Å². The molecule has 0 unspecified atom stereocenters. The van der Waals surface area contributed by atoms with Crippen LogP contribution in [-0.2, 0) is 0 Å². The summed E-state index contributed by atoms with van der Waals surface area (Å²) in [5, 5.41) is 8.14. The third-order valence-corrected chi connectivity index (χ3v) is 5.05. The highest BCUT2D eigenvalue weighted by Crippen LogP contribution is 2.32. The van der Waals surface area contributed by atoms with E-state index in [1.54, 1.807) is 35.4 Å². The summed E-state index contributed by atoms with van der Waals surface area (Å²) >= 11 is 6.18. The van der Waals surface area contributed by atoms with Crippen LogP contribution in [0.15, 0.2) is 73.2 Å². The maximum atomic E-state index is 13.2. The molecule has 0 spiro atoms. The third-order valence-electron chi connectivity index (χ3n) is 4.64. The molecule has 0 saturated carbocycles. The number of aryl methyl sites for hydroxylation is 1. The van der Waals surface area contributed by atoms with Crippen LogP contribution in [0.5, 0.6) is 5.75 Å². The summed E-state index contributed by atoms with van der Waals surface area (Å²) in [6.07, 6.45) is 5.07. The molecule has 4 aromatic rings. The maximum Gasteiger partial charge on any atom is 0.259 e. The topological polar surface area (TPSA) is 69.0 Å². The number of methoxy groups -OCH3 is 1. The average Bonchev–Trinajstić information content (AvgIpc) is 3.23. The van der Waals surface area contributed by atoms with Gasteiger partial charge in [-0.2, -0.15) is 5.10 Å². The number of nitrogens with one attached hydrogen (secondary N) is 1. The Balaban J connectivity index is 1.77. The molecule has 150 valence electrons. The Bertz CT molecular complexity index is 1190. The van der Waals surface area contributed by atoms with E-state index in [9.17, 15) is 4.79 Å². The molecule has 30 heavy (non-hydrogen) atoms. The molecular weight excluding hydrogens is 400 g/mol. The second-order valence-electron chi connectivity index (χ2n) is 6.67. The van der Waals surface area contributed by atoms with E-state index in [-0.39, 0.29) is 5.91 Å². The van der Waals surface area contributed by atoms with Crippen LogP contribution >= 0.6 is 11.6 Å². The van der Waals surface area contributed by atoms with Crippen molar-refractivity contribution in [3.8, 4) is 22.7 Å². The molecule has 2 heterocycles. The lowest BCUT2D eigenvalue weighted by Crippen LogP contribution is -2.13. The quantitative estimate of drug-likeness (QED) is 0.486. The second-order valence-corrected chi connectivity index (χ2v) is 7.08. The summed E-state index contributed by atoms with van der Waals surface area (Å²) in [5.41, 5.74) is 3.92. The van der Waals surface area contributed by atoms with Gasteiger partial charge >= 0.3 is 0 Å². The number of carbonyl (C=O) groups is 1. The number of halogens is 1. The first-order valence-corrected chi connectivity index (χ1v) is 9.65. The minimum absolute atomic E-state index is 0.309. The van der Waals surface area contributed by atoms with Crippen molar-refractivity contribution in [3.63, 3.8) is 0 Å². The summed E-state index contributed by atoms with van der Waals surface area (Å²) in [7, 11) is 1.53. The molecule has 2 aromatic carbocycles. The van der Waals surface area contributed by atoms with E-state index in [1.165, 1.54) is 7.11 Å². The predicted molar refractivity (Wildman–Crippen MR) is 117 cm³/mol. The van der Waals surface area contributed by atoms with Gasteiger partial charge in [-0.25, -0.2) is 4.68 Å². The first kappa shape index (κ1) is 19.7. The largest absolute Gasteiger partial charge is 0.495 e. The van der Waals surface area contributed by atoms with E-state index in [2.05, 4.69) is 15.4 Å². The van der Waals surface area contributed by atoms with E-state index >= 15 is 0 Å².